The van der Waals surface area contributed by atoms with E-state index in [1.54, 1.807) is 0 Å². The van der Waals surface area contributed by atoms with Gasteiger partial charge in [0, 0.05) is 31.5 Å². The number of nitrogens with zero attached hydrogens (tertiary/aromatic N) is 1. The highest BCUT2D eigenvalue weighted by Crippen LogP contribution is 2.17. The number of carbonyl (C=O) groups is 2. The maximum absolute atomic E-state index is 12.8. The molecule has 0 bridgehead atoms. The molecule has 0 aliphatic carbocycles. The molecule has 4 nitrogen and oxygen atoms in total. The Balaban J connectivity index is 1.79. The van der Waals surface area contributed by atoms with Crippen LogP contribution in [0, 0.1) is 11.7 Å². The number of ketones is 1. The van der Waals surface area contributed by atoms with Crippen molar-refractivity contribution in [1.29, 1.82) is 0 Å². The predicted molar refractivity (Wildman–Crippen MR) is 78.6 cm³/mol. The summed E-state index contributed by atoms with van der Waals surface area (Å²) in [5, 5.41) is 3.12. The molecule has 1 aromatic carbocycles. The van der Waals surface area contributed by atoms with Crippen LogP contribution >= 0.6 is 0 Å². The first kappa shape index (κ1) is 15.6. The van der Waals surface area contributed by atoms with E-state index in [-0.39, 0.29) is 30.3 Å². The molecule has 0 spiro atoms. The van der Waals surface area contributed by atoms with Crippen molar-refractivity contribution < 1.29 is 14.0 Å². The van der Waals surface area contributed by atoms with Gasteiger partial charge in [-0.1, -0.05) is 0 Å². The number of hydrogen-bond acceptors (Lipinski definition) is 3. The zero-order valence-corrected chi connectivity index (χ0v) is 12.3. The average molecular weight is 292 g/mol. The number of rotatable bonds is 6. The van der Waals surface area contributed by atoms with E-state index in [0.29, 0.717) is 11.5 Å². The van der Waals surface area contributed by atoms with Crippen molar-refractivity contribution in [3.63, 3.8) is 0 Å². The van der Waals surface area contributed by atoms with Gasteiger partial charge in [0.25, 0.3) is 0 Å². The predicted octanol–water partition coefficient (Wildman–Crippen LogP) is 1.86. The van der Waals surface area contributed by atoms with E-state index in [1.165, 1.54) is 24.3 Å². The van der Waals surface area contributed by atoms with Crippen molar-refractivity contribution in [2.45, 2.75) is 19.3 Å². The van der Waals surface area contributed by atoms with Gasteiger partial charge in [-0.25, -0.2) is 4.39 Å². The van der Waals surface area contributed by atoms with Gasteiger partial charge >= 0.3 is 0 Å². The third kappa shape index (κ3) is 4.36. The Hall–Kier alpha value is -1.75. The van der Waals surface area contributed by atoms with Crippen LogP contribution in [-0.4, -0.2) is 43.3 Å². The van der Waals surface area contributed by atoms with E-state index in [4.69, 9.17) is 0 Å². The molecular formula is C16H21FN2O2. The molecule has 2 rings (SSSR count). The van der Waals surface area contributed by atoms with Gasteiger partial charge in [0.15, 0.2) is 5.78 Å². The van der Waals surface area contributed by atoms with Crippen molar-refractivity contribution >= 4 is 11.7 Å². The van der Waals surface area contributed by atoms with Gasteiger partial charge in [0.05, 0.1) is 0 Å². The number of Topliss-reactive ketones (excluding diaryl/α,β-unsaturated/α-hetero) is 1. The summed E-state index contributed by atoms with van der Waals surface area (Å²) < 4.78 is 12.8. The molecule has 0 saturated carbocycles. The van der Waals surface area contributed by atoms with Crippen LogP contribution in [0.4, 0.5) is 4.39 Å². The van der Waals surface area contributed by atoms with Gasteiger partial charge in [0.2, 0.25) is 5.91 Å². The summed E-state index contributed by atoms with van der Waals surface area (Å²) in [6.07, 6.45) is 1.42. The summed E-state index contributed by atoms with van der Waals surface area (Å²) in [5.74, 6) is 0.0559. The maximum Gasteiger partial charge on any atom is 0.223 e. The molecule has 1 fully saturated rings. The fourth-order valence-electron chi connectivity index (χ4n) is 2.67. The largest absolute Gasteiger partial charge is 0.342 e. The van der Waals surface area contributed by atoms with Gasteiger partial charge in [-0.05, 0) is 50.2 Å². The molecule has 1 aliphatic rings. The third-order valence-corrected chi connectivity index (χ3v) is 3.86. The Morgan fingerprint density at radius 3 is 2.67 bits per heavy atom. The van der Waals surface area contributed by atoms with Crippen LogP contribution in [0.1, 0.15) is 29.6 Å². The second-order valence-electron chi connectivity index (χ2n) is 5.48. The van der Waals surface area contributed by atoms with Crippen molar-refractivity contribution in [3.05, 3.63) is 35.6 Å². The van der Waals surface area contributed by atoms with Crippen molar-refractivity contribution in [3.8, 4) is 0 Å². The second-order valence-corrected chi connectivity index (χ2v) is 5.48. The normalized spacial score (nSPS) is 18.0. The van der Waals surface area contributed by atoms with Crippen LogP contribution in [0.5, 0.6) is 0 Å². The second kappa shape index (κ2) is 7.31. The van der Waals surface area contributed by atoms with Crippen LogP contribution < -0.4 is 5.32 Å². The molecule has 1 unspecified atom stereocenters. The highest BCUT2D eigenvalue weighted by molar-refractivity contribution is 5.97. The van der Waals surface area contributed by atoms with E-state index >= 15 is 0 Å². The van der Waals surface area contributed by atoms with E-state index < -0.39 is 0 Å². The van der Waals surface area contributed by atoms with Crippen LogP contribution in [0.2, 0.25) is 0 Å². The average Bonchev–Trinajstić information content (AvgIpc) is 2.94. The Labute approximate surface area is 124 Å². The first-order valence-corrected chi connectivity index (χ1v) is 7.31. The first-order valence-electron chi connectivity index (χ1n) is 7.31. The molecule has 1 amide bonds. The number of amides is 1. The monoisotopic (exact) mass is 292 g/mol. The molecule has 1 aliphatic heterocycles. The topological polar surface area (TPSA) is 49.4 Å². The molecule has 114 valence electrons. The van der Waals surface area contributed by atoms with E-state index in [1.807, 2.05) is 11.9 Å². The Kier molecular flexibility index (Phi) is 5.44. The van der Waals surface area contributed by atoms with Crippen molar-refractivity contribution in [1.82, 2.24) is 10.2 Å². The number of carbonyl (C=O) groups excluding carboxylic acids is 2. The summed E-state index contributed by atoms with van der Waals surface area (Å²) in [7, 11) is 1.91. The third-order valence-electron chi connectivity index (χ3n) is 3.86. The minimum absolute atomic E-state index is 0.0315. The molecule has 0 radical (unpaired) electrons. The van der Waals surface area contributed by atoms with Crippen LogP contribution in [0.25, 0.3) is 0 Å². The fraction of sp³-hybridized carbons (Fsp3) is 0.500. The van der Waals surface area contributed by atoms with Crippen LogP contribution in [-0.2, 0) is 4.79 Å². The Bertz CT molecular complexity index is 502. The molecule has 1 N–H and O–H groups in total. The lowest BCUT2D eigenvalue weighted by Gasteiger charge is -2.16. The van der Waals surface area contributed by atoms with Gasteiger partial charge in [0.1, 0.15) is 5.82 Å². The molecule has 1 heterocycles. The van der Waals surface area contributed by atoms with Crippen molar-refractivity contribution in [2.24, 2.45) is 5.92 Å². The van der Waals surface area contributed by atoms with Crippen LogP contribution in [0.15, 0.2) is 24.3 Å². The summed E-state index contributed by atoms with van der Waals surface area (Å²) >= 11 is 0. The smallest absolute Gasteiger partial charge is 0.223 e. The molecule has 21 heavy (non-hydrogen) atoms. The Morgan fingerprint density at radius 2 is 2.00 bits per heavy atom. The van der Waals surface area contributed by atoms with Crippen LogP contribution in [0.3, 0.4) is 0 Å². The molecule has 5 heteroatoms. The quantitative estimate of drug-likeness (QED) is 0.814. The van der Waals surface area contributed by atoms with Gasteiger partial charge in [-0.15, -0.1) is 0 Å². The summed E-state index contributed by atoms with van der Waals surface area (Å²) in [4.78, 5) is 25.9. The number of likely N-dealkylation sites (tertiary alicyclic amines) is 1. The molecule has 0 aromatic heterocycles. The zero-order valence-electron chi connectivity index (χ0n) is 12.3. The number of benzene rings is 1. The molecular weight excluding hydrogens is 271 g/mol. The van der Waals surface area contributed by atoms with Crippen molar-refractivity contribution in [2.75, 3.05) is 26.7 Å². The highest BCUT2D eigenvalue weighted by Gasteiger charge is 2.25. The van der Waals surface area contributed by atoms with Gasteiger partial charge < -0.3 is 10.2 Å². The molecule has 1 atom stereocenters. The maximum atomic E-state index is 12.8. The standard InChI is InChI=1S/C16H21FN2O2/c1-18-10-12-8-9-19(11-12)16(21)7-6-15(20)13-2-4-14(17)5-3-13/h2-5,12,18H,6-11H2,1H3. The van der Waals surface area contributed by atoms with E-state index in [2.05, 4.69) is 5.32 Å². The number of nitrogens with one attached hydrogen (secondary N) is 1. The molecule has 1 saturated heterocycles. The lowest BCUT2D eigenvalue weighted by Crippen LogP contribution is -2.30. The summed E-state index contributed by atoms with van der Waals surface area (Å²) in [6.45, 7) is 2.46. The summed E-state index contributed by atoms with van der Waals surface area (Å²) in [5.41, 5.74) is 0.457. The highest BCUT2D eigenvalue weighted by atomic mass is 19.1. The number of hydrogen-bond donors (Lipinski definition) is 1. The minimum Gasteiger partial charge on any atom is -0.342 e. The lowest BCUT2D eigenvalue weighted by molar-refractivity contribution is -0.130. The fourth-order valence-corrected chi connectivity index (χ4v) is 2.67. The molecule has 1 aromatic rings. The minimum atomic E-state index is -0.365. The first-order chi connectivity index (χ1) is 10.1. The number of halogens is 1. The lowest BCUT2D eigenvalue weighted by atomic mass is 10.1. The summed E-state index contributed by atoms with van der Waals surface area (Å²) in [6, 6.07) is 5.44. The van der Waals surface area contributed by atoms with E-state index in [9.17, 15) is 14.0 Å². The van der Waals surface area contributed by atoms with Gasteiger partial charge in [-0.3, -0.25) is 9.59 Å². The SMILES string of the molecule is CNCC1CCN(C(=O)CCC(=O)c2ccc(F)cc2)C1. The van der Waals surface area contributed by atoms with E-state index in [0.717, 1.165) is 26.1 Å². The Morgan fingerprint density at radius 1 is 1.29 bits per heavy atom. The van der Waals surface area contributed by atoms with Gasteiger partial charge in [-0.2, -0.15) is 0 Å². The zero-order chi connectivity index (χ0) is 15.2.